The molecule has 0 bridgehead atoms. The molecule has 1 heterocycles. The normalized spacial score (nSPS) is 13.0. The minimum atomic E-state index is -4.82. The van der Waals surface area contributed by atoms with E-state index < -0.39 is 32.3 Å². The molecule has 0 spiro atoms. The van der Waals surface area contributed by atoms with Gasteiger partial charge in [-0.05, 0) is 64.0 Å². The van der Waals surface area contributed by atoms with Crippen molar-refractivity contribution in [3.8, 4) is 0 Å². The summed E-state index contributed by atoms with van der Waals surface area (Å²) in [5.74, 6) is 0. The molecule has 0 aliphatic rings. The third-order valence-electron chi connectivity index (χ3n) is 5.31. The van der Waals surface area contributed by atoms with Crippen LogP contribution in [-0.4, -0.2) is 49.6 Å². The third kappa shape index (κ3) is 7.16. The van der Waals surface area contributed by atoms with Gasteiger partial charge >= 0.3 is 6.18 Å². The van der Waals surface area contributed by atoms with Crippen molar-refractivity contribution in [1.82, 2.24) is 9.88 Å². The van der Waals surface area contributed by atoms with Crippen molar-refractivity contribution >= 4 is 26.5 Å². The van der Waals surface area contributed by atoms with Crippen molar-refractivity contribution in [3.05, 3.63) is 40.4 Å². The zero-order valence-corrected chi connectivity index (χ0v) is 20.3. The van der Waals surface area contributed by atoms with Crippen LogP contribution in [0.4, 0.5) is 18.3 Å². The number of thiazole rings is 1. The fraction of sp³-hybridized carbons (Fsp3) is 0.571. The highest BCUT2D eigenvalue weighted by atomic mass is 32.2. The molecular weight excluding hydrogens is 463 g/mol. The van der Waals surface area contributed by atoms with Gasteiger partial charge in [-0.15, -0.1) is 11.3 Å². The van der Waals surface area contributed by atoms with E-state index in [0.717, 1.165) is 23.5 Å². The second kappa shape index (κ2) is 10.5. The maximum Gasteiger partial charge on any atom is 0.417 e. The van der Waals surface area contributed by atoms with E-state index in [1.165, 1.54) is 6.07 Å². The number of nitrogens with zero attached hydrogens (tertiary/aromatic N) is 2. The van der Waals surface area contributed by atoms with Gasteiger partial charge in [-0.2, -0.15) is 13.2 Å². The summed E-state index contributed by atoms with van der Waals surface area (Å²) in [6.07, 6.45) is -2.54. The predicted octanol–water partition coefficient (Wildman–Crippen LogP) is 4.55. The Morgan fingerprint density at radius 2 is 1.84 bits per heavy atom. The maximum atomic E-state index is 13.7. The summed E-state index contributed by atoms with van der Waals surface area (Å²) in [6.45, 7) is 4.38. The van der Waals surface area contributed by atoms with Gasteiger partial charge in [0, 0.05) is 11.8 Å². The first kappa shape index (κ1) is 26.6. The van der Waals surface area contributed by atoms with Crippen LogP contribution in [0.15, 0.2) is 28.5 Å². The molecule has 0 amide bonds. The Balaban J connectivity index is 2.28. The number of alkyl halides is 3. The number of rotatable bonds is 11. The monoisotopic (exact) mass is 493 g/mol. The number of anilines is 1. The van der Waals surface area contributed by atoms with Crippen LogP contribution in [0, 0.1) is 0 Å². The van der Waals surface area contributed by atoms with E-state index in [0.29, 0.717) is 43.5 Å². The van der Waals surface area contributed by atoms with Crippen LogP contribution in [0.25, 0.3) is 0 Å². The highest BCUT2D eigenvalue weighted by molar-refractivity contribution is 7.93. The van der Waals surface area contributed by atoms with Gasteiger partial charge in [-0.25, -0.2) is 13.4 Å². The fourth-order valence-corrected chi connectivity index (χ4v) is 5.40. The first-order chi connectivity index (χ1) is 14.8. The van der Waals surface area contributed by atoms with Gasteiger partial charge in [0.25, 0.3) is 10.0 Å². The molecule has 6 nitrogen and oxygen atoms in total. The SMILES string of the molecule is CCC(O)(CC)Cc1csc(NS(=O)(=O)c2ccc(CCCN(C)C)cc2C(F)(F)F)n1. The number of nitrogens with one attached hydrogen (secondary N) is 1. The van der Waals surface area contributed by atoms with Crippen LogP contribution in [0.3, 0.4) is 0 Å². The summed E-state index contributed by atoms with van der Waals surface area (Å²) < 4.78 is 68.8. The minimum Gasteiger partial charge on any atom is -0.390 e. The Labute approximate surface area is 191 Å². The molecule has 32 heavy (non-hydrogen) atoms. The van der Waals surface area contributed by atoms with E-state index in [1.54, 1.807) is 5.38 Å². The van der Waals surface area contributed by atoms with Gasteiger partial charge in [0.1, 0.15) is 0 Å². The summed E-state index contributed by atoms with van der Waals surface area (Å²) in [4.78, 5) is 5.24. The highest BCUT2D eigenvalue weighted by Crippen LogP contribution is 2.36. The number of aryl methyl sites for hydroxylation is 1. The second-order valence-electron chi connectivity index (χ2n) is 8.09. The minimum absolute atomic E-state index is 0.0438. The van der Waals surface area contributed by atoms with Gasteiger partial charge in [-0.3, -0.25) is 4.72 Å². The van der Waals surface area contributed by atoms with Crippen LogP contribution in [0.1, 0.15) is 49.9 Å². The topological polar surface area (TPSA) is 82.5 Å². The van der Waals surface area contributed by atoms with Crippen LogP contribution in [-0.2, 0) is 29.0 Å². The molecule has 0 saturated heterocycles. The molecule has 1 aromatic carbocycles. The molecule has 180 valence electrons. The molecule has 0 aliphatic carbocycles. The van der Waals surface area contributed by atoms with Crippen molar-refractivity contribution < 1.29 is 26.7 Å². The van der Waals surface area contributed by atoms with E-state index in [1.807, 2.05) is 32.8 Å². The molecular formula is C21H30F3N3O3S2. The van der Waals surface area contributed by atoms with Crippen molar-refractivity contribution in [2.24, 2.45) is 0 Å². The van der Waals surface area contributed by atoms with Gasteiger partial charge in [0.2, 0.25) is 0 Å². The van der Waals surface area contributed by atoms with Gasteiger partial charge < -0.3 is 10.0 Å². The summed E-state index contributed by atoms with van der Waals surface area (Å²) in [5, 5.41) is 12.0. The lowest BCUT2D eigenvalue weighted by Crippen LogP contribution is -2.29. The number of hydrogen-bond acceptors (Lipinski definition) is 6. The average Bonchev–Trinajstić information content (AvgIpc) is 3.12. The largest absolute Gasteiger partial charge is 0.417 e. The number of aliphatic hydroxyl groups is 1. The first-order valence-corrected chi connectivity index (χ1v) is 12.7. The summed E-state index contributed by atoms with van der Waals surface area (Å²) in [5.41, 5.74) is -1.26. The Hall–Kier alpha value is -1.69. The quantitative estimate of drug-likeness (QED) is 0.480. The molecule has 2 N–H and O–H groups in total. The predicted molar refractivity (Wildman–Crippen MR) is 120 cm³/mol. The van der Waals surface area contributed by atoms with Crippen LogP contribution in [0.2, 0.25) is 0 Å². The second-order valence-corrected chi connectivity index (χ2v) is 10.6. The zero-order chi connectivity index (χ0) is 24.2. The molecule has 0 fully saturated rings. The summed E-state index contributed by atoms with van der Waals surface area (Å²) in [6, 6.07) is 3.31. The molecule has 11 heteroatoms. The van der Waals surface area contributed by atoms with Crippen molar-refractivity contribution in [1.29, 1.82) is 0 Å². The molecule has 0 radical (unpaired) electrons. The lowest BCUT2D eigenvalue weighted by Gasteiger charge is -2.23. The molecule has 0 unspecified atom stereocenters. The number of halogens is 3. The van der Waals surface area contributed by atoms with Gasteiger partial charge in [0.15, 0.2) is 5.13 Å². The fourth-order valence-electron chi connectivity index (χ4n) is 3.23. The van der Waals surface area contributed by atoms with E-state index in [-0.39, 0.29) is 11.6 Å². The van der Waals surface area contributed by atoms with E-state index in [4.69, 9.17) is 0 Å². The van der Waals surface area contributed by atoms with Crippen LogP contribution >= 0.6 is 11.3 Å². The summed E-state index contributed by atoms with van der Waals surface area (Å²) in [7, 11) is -0.767. The molecule has 2 rings (SSSR count). The number of benzene rings is 1. The zero-order valence-electron chi connectivity index (χ0n) is 18.7. The number of aromatic nitrogens is 1. The lowest BCUT2D eigenvalue weighted by atomic mass is 9.92. The summed E-state index contributed by atoms with van der Waals surface area (Å²) >= 11 is 0.965. The van der Waals surface area contributed by atoms with Gasteiger partial charge in [-0.1, -0.05) is 19.9 Å². The average molecular weight is 494 g/mol. The van der Waals surface area contributed by atoms with E-state index >= 15 is 0 Å². The Morgan fingerprint density at radius 3 is 2.41 bits per heavy atom. The van der Waals surface area contributed by atoms with Crippen molar-refractivity contribution in [2.75, 3.05) is 25.4 Å². The van der Waals surface area contributed by atoms with Crippen molar-refractivity contribution in [3.63, 3.8) is 0 Å². The Kier molecular flexibility index (Phi) is 8.71. The molecule has 0 saturated carbocycles. The Morgan fingerprint density at radius 1 is 1.19 bits per heavy atom. The third-order valence-corrected chi connectivity index (χ3v) is 7.64. The maximum absolute atomic E-state index is 13.7. The molecule has 1 aromatic heterocycles. The molecule has 0 aliphatic heterocycles. The van der Waals surface area contributed by atoms with Crippen LogP contribution in [0.5, 0.6) is 0 Å². The number of hydrogen-bond donors (Lipinski definition) is 2. The first-order valence-electron chi connectivity index (χ1n) is 10.3. The van der Waals surface area contributed by atoms with E-state index in [9.17, 15) is 26.7 Å². The van der Waals surface area contributed by atoms with Crippen molar-refractivity contribution in [2.45, 2.75) is 62.6 Å². The van der Waals surface area contributed by atoms with Gasteiger partial charge in [0.05, 0.1) is 21.8 Å². The molecule has 0 atom stereocenters. The number of sulfonamides is 1. The Bertz CT molecular complexity index is 1000. The lowest BCUT2D eigenvalue weighted by molar-refractivity contribution is -0.139. The standard InChI is InChI=1S/C21H30F3N3O3S2/c1-5-20(28,6-2)13-16-14-31-19(25-16)26-32(29,30)18-10-9-15(8-7-11-27(3)4)12-17(18)21(22,23)24/h9-10,12,14,28H,5-8,11,13H2,1-4H3,(H,25,26). The van der Waals surface area contributed by atoms with Crippen LogP contribution < -0.4 is 4.72 Å². The van der Waals surface area contributed by atoms with E-state index in [2.05, 4.69) is 9.71 Å². The highest BCUT2D eigenvalue weighted by Gasteiger charge is 2.37. The molecule has 2 aromatic rings. The smallest absolute Gasteiger partial charge is 0.390 e.